The van der Waals surface area contributed by atoms with Crippen LogP contribution in [-0.4, -0.2) is 43.7 Å². The number of carbonyl (C=O) groups is 1. The Hall–Kier alpha value is -2.18. The fourth-order valence-electron chi connectivity index (χ4n) is 2.75. The maximum atomic E-state index is 11.3. The molecular weight excluding hydrogens is 282 g/mol. The maximum absolute atomic E-state index is 11.3. The van der Waals surface area contributed by atoms with Gasteiger partial charge in [-0.1, -0.05) is 26.7 Å². The summed E-state index contributed by atoms with van der Waals surface area (Å²) < 4.78 is 1.69. The molecule has 0 saturated carbocycles. The molecule has 2 aromatic heterocycles. The zero-order valence-corrected chi connectivity index (χ0v) is 13.0. The lowest BCUT2D eigenvalue weighted by Gasteiger charge is -2.22. The molecule has 1 N–H and O–H groups in total. The van der Waals surface area contributed by atoms with Crippen LogP contribution < -0.4 is 4.90 Å². The zero-order valence-electron chi connectivity index (χ0n) is 13.0. The minimum Gasteiger partial charge on any atom is -0.477 e. The Kier molecular flexibility index (Phi) is 3.96. The summed E-state index contributed by atoms with van der Waals surface area (Å²) in [6.45, 7) is 5.85. The number of rotatable bonds is 3. The van der Waals surface area contributed by atoms with Gasteiger partial charge in [0.2, 0.25) is 0 Å². The van der Waals surface area contributed by atoms with Crippen LogP contribution in [0.4, 0.5) is 5.82 Å². The van der Waals surface area contributed by atoms with Crippen LogP contribution in [0, 0.1) is 0 Å². The van der Waals surface area contributed by atoms with Crippen LogP contribution >= 0.6 is 0 Å². The second-order valence-electron chi connectivity index (χ2n) is 6.04. The summed E-state index contributed by atoms with van der Waals surface area (Å²) in [4.78, 5) is 22.1. The first-order valence-electron chi connectivity index (χ1n) is 7.82. The number of carboxylic acids is 1. The molecule has 22 heavy (non-hydrogen) atoms. The molecular formula is C15H21N5O2. The van der Waals surface area contributed by atoms with Gasteiger partial charge in [-0.25, -0.2) is 9.78 Å². The molecule has 0 amide bonds. The molecule has 0 aromatic carbocycles. The molecule has 0 aliphatic carbocycles. The monoisotopic (exact) mass is 303 g/mol. The van der Waals surface area contributed by atoms with Crippen LogP contribution in [0.1, 0.15) is 61.8 Å². The minimum absolute atomic E-state index is 0.0226. The van der Waals surface area contributed by atoms with Crippen molar-refractivity contribution in [3.05, 3.63) is 17.6 Å². The molecule has 0 bridgehead atoms. The van der Waals surface area contributed by atoms with E-state index in [9.17, 15) is 9.90 Å². The van der Waals surface area contributed by atoms with E-state index < -0.39 is 5.97 Å². The molecule has 3 heterocycles. The first-order valence-corrected chi connectivity index (χ1v) is 7.82. The Morgan fingerprint density at radius 1 is 1.18 bits per heavy atom. The van der Waals surface area contributed by atoms with E-state index in [4.69, 9.17) is 0 Å². The Morgan fingerprint density at radius 3 is 2.45 bits per heavy atom. The van der Waals surface area contributed by atoms with Crippen molar-refractivity contribution >= 4 is 17.6 Å². The summed E-state index contributed by atoms with van der Waals surface area (Å²) >= 11 is 0. The van der Waals surface area contributed by atoms with Gasteiger partial charge in [0, 0.05) is 25.1 Å². The summed E-state index contributed by atoms with van der Waals surface area (Å²) in [6.07, 6.45) is 4.64. The summed E-state index contributed by atoms with van der Waals surface area (Å²) in [5, 5.41) is 13.8. The highest BCUT2D eigenvalue weighted by Crippen LogP contribution is 2.22. The van der Waals surface area contributed by atoms with Gasteiger partial charge in [-0.05, 0) is 12.8 Å². The summed E-state index contributed by atoms with van der Waals surface area (Å²) in [5.74, 6) is 0.970. The second-order valence-corrected chi connectivity index (χ2v) is 6.04. The fraction of sp³-hybridized carbons (Fsp3) is 0.600. The fourth-order valence-corrected chi connectivity index (χ4v) is 2.75. The Morgan fingerprint density at radius 2 is 1.86 bits per heavy atom. The van der Waals surface area contributed by atoms with Gasteiger partial charge in [0.15, 0.2) is 11.5 Å². The Balaban J connectivity index is 2.13. The van der Waals surface area contributed by atoms with Gasteiger partial charge in [0.05, 0.1) is 0 Å². The Labute approximate surface area is 129 Å². The number of aromatic carboxylic acids is 1. The quantitative estimate of drug-likeness (QED) is 0.937. The van der Waals surface area contributed by atoms with E-state index >= 15 is 0 Å². The van der Waals surface area contributed by atoms with Crippen LogP contribution in [0.25, 0.3) is 5.78 Å². The molecule has 118 valence electrons. The SMILES string of the molecule is CC(C)c1nc2nc(C(=O)O)cc(N3CCCCCC3)n2n1. The number of hydrogen-bond donors (Lipinski definition) is 1. The molecule has 0 radical (unpaired) electrons. The molecule has 1 aliphatic rings. The highest BCUT2D eigenvalue weighted by Gasteiger charge is 2.20. The van der Waals surface area contributed by atoms with Gasteiger partial charge in [-0.2, -0.15) is 9.50 Å². The van der Waals surface area contributed by atoms with Gasteiger partial charge in [0.1, 0.15) is 5.82 Å². The van der Waals surface area contributed by atoms with Gasteiger partial charge >= 0.3 is 5.97 Å². The molecule has 3 rings (SSSR count). The third kappa shape index (κ3) is 2.75. The van der Waals surface area contributed by atoms with Crippen LogP contribution in [-0.2, 0) is 0 Å². The summed E-state index contributed by atoms with van der Waals surface area (Å²) in [7, 11) is 0. The third-order valence-electron chi connectivity index (χ3n) is 3.98. The molecule has 1 aliphatic heterocycles. The smallest absolute Gasteiger partial charge is 0.354 e. The predicted molar refractivity (Wildman–Crippen MR) is 82.5 cm³/mol. The number of fused-ring (bicyclic) bond motifs is 1. The standard InChI is InChI=1S/C15H21N5O2/c1-10(2)13-17-15-16-11(14(21)22)9-12(20(15)18-13)19-7-5-3-4-6-8-19/h9-10H,3-8H2,1-2H3,(H,21,22). The average Bonchev–Trinajstić information content (AvgIpc) is 2.73. The van der Waals surface area contributed by atoms with E-state index in [2.05, 4.69) is 20.0 Å². The molecule has 2 aromatic rings. The lowest BCUT2D eigenvalue weighted by Crippen LogP contribution is -2.27. The van der Waals surface area contributed by atoms with Gasteiger partial charge < -0.3 is 10.0 Å². The first-order chi connectivity index (χ1) is 10.6. The number of anilines is 1. The topological polar surface area (TPSA) is 83.6 Å². The second kappa shape index (κ2) is 5.90. The van der Waals surface area contributed by atoms with E-state index in [1.165, 1.54) is 12.8 Å². The number of carboxylic acid groups (broad SMARTS) is 1. The van der Waals surface area contributed by atoms with Crippen molar-refractivity contribution in [2.24, 2.45) is 0 Å². The van der Waals surface area contributed by atoms with Crippen molar-refractivity contribution in [1.82, 2.24) is 19.6 Å². The molecule has 1 fully saturated rings. The van der Waals surface area contributed by atoms with Crippen molar-refractivity contribution < 1.29 is 9.90 Å². The molecule has 0 unspecified atom stereocenters. The van der Waals surface area contributed by atoms with Crippen LogP contribution in [0.5, 0.6) is 0 Å². The number of hydrogen-bond acceptors (Lipinski definition) is 5. The van der Waals surface area contributed by atoms with Gasteiger partial charge in [-0.3, -0.25) is 0 Å². The van der Waals surface area contributed by atoms with Gasteiger partial charge in [-0.15, -0.1) is 5.10 Å². The normalized spacial score (nSPS) is 16.2. The maximum Gasteiger partial charge on any atom is 0.354 e. The zero-order chi connectivity index (χ0) is 15.7. The number of nitrogens with zero attached hydrogens (tertiary/aromatic N) is 5. The summed E-state index contributed by atoms with van der Waals surface area (Å²) in [5.41, 5.74) is 0.0226. The van der Waals surface area contributed by atoms with Crippen LogP contribution in [0.3, 0.4) is 0 Å². The predicted octanol–water partition coefficient (Wildman–Crippen LogP) is 2.33. The molecule has 0 spiro atoms. The van der Waals surface area contributed by atoms with Crippen molar-refractivity contribution in [3.8, 4) is 0 Å². The molecule has 0 atom stereocenters. The van der Waals surface area contributed by atoms with Gasteiger partial charge in [0.25, 0.3) is 5.78 Å². The van der Waals surface area contributed by atoms with Crippen LogP contribution in [0.2, 0.25) is 0 Å². The summed E-state index contributed by atoms with van der Waals surface area (Å²) in [6, 6.07) is 1.61. The largest absolute Gasteiger partial charge is 0.477 e. The van der Waals surface area contributed by atoms with Crippen molar-refractivity contribution in [1.29, 1.82) is 0 Å². The average molecular weight is 303 g/mol. The minimum atomic E-state index is -1.03. The van der Waals surface area contributed by atoms with E-state index in [0.29, 0.717) is 11.6 Å². The molecule has 1 saturated heterocycles. The molecule has 7 heteroatoms. The highest BCUT2D eigenvalue weighted by molar-refractivity contribution is 5.87. The van der Waals surface area contributed by atoms with E-state index in [1.54, 1.807) is 10.6 Å². The van der Waals surface area contributed by atoms with Crippen molar-refractivity contribution in [2.45, 2.75) is 45.4 Å². The van der Waals surface area contributed by atoms with Crippen LogP contribution in [0.15, 0.2) is 6.07 Å². The van der Waals surface area contributed by atoms with E-state index in [1.807, 2.05) is 13.8 Å². The third-order valence-corrected chi connectivity index (χ3v) is 3.98. The van der Waals surface area contributed by atoms with Crippen molar-refractivity contribution in [2.75, 3.05) is 18.0 Å². The lowest BCUT2D eigenvalue weighted by molar-refractivity contribution is 0.0690. The highest BCUT2D eigenvalue weighted by atomic mass is 16.4. The van der Waals surface area contributed by atoms with E-state index in [0.717, 1.165) is 31.7 Å². The Bertz CT molecular complexity index is 687. The lowest BCUT2D eigenvalue weighted by atomic mass is 10.2. The number of aromatic nitrogens is 4. The molecule has 7 nitrogen and oxygen atoms in total. The van der Waals surface area contributed by atoms with Crippen molar-refractivity contribution in [3.63, 3.8) is 0 Å². The van der Waals surface area contributed by atoms with E-state index in [-0.39, 0.29) is 11.6 Å². The first kappa shape index (κ1) is 14.7.